The van der Waals surface area contributed by atoms with Gasteiger partial charge in [0, 0.05) is 16.8 Å². The maximum absolute atomic E-state index is 12.9. The van der Waals surface area contributed by atoms with Crippen molar-refractivity contribution in [2.75, 3.05) is 32.4 Å². The molecule has 4 aromatic rings. The second-order valence-corrected chi connectivity index (χ2v) is 10.9. The summed E-state index contributed by atoms with van der Waals surface area (Å²) in [5.74, 6) is 1.60. The molecule has 0 aliphatic rings. The summed E-state index contributed by atoms with van der Waals surface area (Å²) < 4.78 is 39.4. The molecule has 0 amide bonds. The molecule has 1 aromatic heterocycles. The normalized spacial score (nSPS) is 10.9. The molecule has 0 spiro atoms. The monoisotopic (exact) mass is 591 g/mol. The van der Waals surface area contributed by atoms with E-state index in [1.807, 2.05) is 0 Å². The number of hydrogen-bond donors (Lipinski definition) is 2. The number of nitrogens with zero attached hydrogens (tertiary/aromatic N) is 3. The second kappa shape index (κ2) is 12.7. The fourth-order valence-electron chi connectivity index (χ4n) is 3.75. The Labute approximate surface area is 241 Å². The van der Waals surface area contributed by atoms with Crippen molar-refractivity contribution in [2.45, 2.75) is 10.1 Å². The number of methoxy groups -OCH3 is 3. The number of carbonyl (C=O) groups is 1. The first-order chi connectivity index (χ1) is 19.7. The van der Waals surface area contributed by atoms with E-state index in [9.17, 15) is 18.5 Å². The van der Waals surface area contributed by atoms with Crippen LogP contribution in [0.15, 0.2) is 76.8 Å². The summed E-state index contributed by atoms with van der Waals surface area (Å²) in [5, 5.41) is 18.6. The molecule has 0 fully saturated rings. The van der Waals surface area contributed by atoms with Crippen molar-refractivity contribution in [2.24, 2.45) is 5.14 Å². The zero-order valence-corrected chi connectivity index (χ0v) is 23.9. The van der Waals surface area contributed by atoms with Crippen molar-refractivity contribution in [3.05, 3.63) is 77.9 Å². The van der Waals surface area contributed by atoms with E-state index in [2.05, 4.69) is 21.4 Å². The zero-order valence-electron chi connectivity index (χ0n) is 22.2. The number of ether oxygens (including phenoxy) is 3. The van der Waals surface area contributed by atoms with Crippen LogP contribution in [0, 0.1) is 11.3 Å². The predicted molar refractivity (Wildman–Crippen MR) is 154 cm³/mol. The summed E-state index contributed by atoms with van der Waals surface area (Å²) in [6.07, 6.45) is 0. The third kappa shape index (κ3) is 6.93. The Balaban J connectivity index is 1.76. The highest BCUT2D eigenvalue weighted by atomic mass is 32.2. The number of hydrogen-bond acceptors (Lipinski definition) is 11. The minimum absolute atomic E-state index is 0.0232. The number of rotatable bonds is 11. The molecule has 0 saturated carbocycles. The molecule has 0 aliphatic carbocycles. The summed E-state index contributed by atoms with van der Waals surface area (Å²) in [4.78, 5) is 22.0. The van der Waals surface area contributed by atoms with Gasteiger partial charge in [0.25, 0.3) is 0 Å². The van der Waals surface area contributed by atoms with Crippen LogP contribution in [0.5, 0.6) is 17.2 Å². The lowest BCUT2D eigenvalue weighted by molar-refractivity contribution is 0.102. The maximum Gasteiger partial charge on any atom is 0.238 e. The number of Topliss-reactive ketones (excluding diaryl/α,β-unsaturated/α-hetero) is 1. The van der Waals surface area contributed by atoms with Crippen molar-refractivity contribution in [1.82, 2.24) is 9.97 Å². The van der Waals surface area contributed by atoms with Crippen molar-refractivity contribution < 1.29 is 27.4 Å². The molecule has 3 N–H and O–H groups in total. The second-order valence-electron chi connectivity index (χ2n) is 8.39. The number of thioether (sulfide) groups is 1. The van der Waals surface area contributed by atoms with E-state index in [1.54, 1.807) is 49.6 Å². The average molecular weight is 592 g/mol. The molecule has 11 nitrogen and oxygen atoms in total. The van der Waals surface area contributed by atoms with E-state index in [0.717, 1.165) is 11.8 Å². The van der Waals surface area contributed by atoms with Crippen LogP contribution in [0.1, 0.15) is 15.9 Å². The molecule has 1 heterocycles. The van der Waals surface area contributed by atoms with Crippen molar-refractivity contribution >= 4 is 39.1 Å². The highest BCUT2D eigenvalue weighted by molar-refractivity contribution is 7.99. The lowest BCUT2D eigenvalue weighted by Gasteiger charge is -2.15. The number of ketones is 1. The van der Waals surface area contributed by atoms with E-state index < -0.39 is 10.0 Å². The molecule has 4 rings (SSSR count). The van der Waals surface area contributed by atoms with Gasteiger partial charge >= 0.3 is 0 Å². The van der Waals surface area contributed by atoms with Crippen LogP contribution in [0.4, 0.5) is 11.5 Å². The Morgan fingerprint density at radius 1 is 0.951 bits per heavy atom. The number of carbonyl (C=O) groups excluding carboxylic acids is 1. The van der Waals surface area contributed by atoms with Crippen LogP contribution in [0.3, 0.4) is 0 Å². The van der Waals surface area contributed by atoms with Crippen LogP contribution in [-0.4, -0.2) is 51.3 Å². The SMILES string of the molecule is COc1ccc(C(=O)CSc2nc(Nc3ccc(S(N)(=O)=O)cc3)c(C#N)c(-c3cc(OC)ccc3OC)n2)cc1. The molecule has 3 aromatic carbocycles. The van der Waals surface area contributed by atoms with E-state index in [-0.39, 0.29) is 38.7 Å². The van der Waals surface area contributed by atoms with Crippen LogP contribution in [-0.2, 0) is 10.0 Å². The van der Waals surface area contributed by atoms with Crippen molar-refractivity contribution in [3.8, 4) is 34.6 Å². The molecular weight excluding hydrogens is 566 g/mol. The van der Waals surface area contributed by atoms with E-state index in [1.165, 1.54) is 38.5 Å². The molecule has 0 aliphatic heterocycles. The minimum Gasteiger partial charge on any atom is -0.497 e. The van der Waals surface area contributed by atoms with Gasteiger partial charge in [-0.15, -0.1) is 0 Å². The Morgan fingerprint density at radius 3 is 2.20 bits per heavy atom. The van der Waals surface area contributed by atoms with E-state index >= 15 is 0 Å². The first kappa shape index (κ1) is 29.3. The summed E-state index contributed by atoms with van der Waals surface area (Å²) in [6, 6.07) is 19.6. The smallest absolute Gasteiger partial charge is 0.238 e. The molecule has 0 unspecified atom stereocenters. The Morgan fingerprint density at radius 2 is 1.61 bits per heavy atom. The van der Waals surface area contributed by atoms with Crippen LogP contribution < -0.4 is 24.7 Å². The molecular formula is C28H25N5O6S2. The summed E-state index contributed by atoms with van der Waals surface area (Å²) in [5.41, 5.74) is 1.76. The number of anilines is 2. The molecule has 210 valence electrons. The van der Waals surface area contributed by atoms with E-state index in [0.29, 0.717) is 34.1 Å². The van der Waals surface area contributed by atoms with Gasteiger partial charge in [-0.2, -0.15) is 5.26 Å². The third-order valence-corrected chi connectivity index (χ3v) is 7.63. The Hall–Kier alpha value is -4.64. The molecule has 0 atom stereocenters. The van der Waals surface area contributed by atoms with Crippen LogP contribution >= 0.6 is 11.8 Å². The Kier molecular flexibility index (Phi) is 9.08. The Bertz CT molecular complexity index is 1720. The fraction of sp³-hybridized carbons (Fsp3) is 0.143. The summed E-state index contributed by atoms with van der Waals surface area (Å²) in [6.45, 7) is 0. The van der Waals surface area contributed by atoms with E-state index in [4.69, 9.17) is 19.3 Å². The van der Waals surface area contributed by atoms with Gasteiger partial charge in [-0.1, -0.05) is 11.8 Å². The summed E-state index contributed by atoms with van der Waals surface area (Å²) in [7, 11) is 0.669. The third-order valence-electron chi connectivity index (χ3n) is 5.85. The van der Waals surface area contributed by atoms with Gasteiger partial charge in [0.05, 0.1) is 37.7 Å². The summed E-state index contributed by atoms with van der Waals surface area (Å²) >= 11 is 1.09. The maximum atomic E-state index is 12.9. The quantitative estimate of drug-likeness (QED) is 0.144. The van der Waals surface area contributed by atoms with Gasteiger partial charge in [0.2, 0.25) is 10.0 Å². The van der Waals surface area contributed by atoms with Gasteiger partial charge in [-0.05, 0) is 66.7 Å². The number of nitrogens with one attached hydrogen (secondary N) is 1. The number of nitriles is 1. The number of aromatic nitrogens is 2. The van der Waals surface area contributed by atoms with Gasteiger partial charge in [0.1, 0.15) is 28.9 Å². The molecule has 13 heteroatoms. The molecule has 0 bridgehead atoms. The number of nitrogens with two attached hydrogens (primary N) is 1. The number of primary sulfonamides is 1. The first-order valence-corrected chi connectivity index (χ1v) is 14.4. The standard InChI is InChI=1S/C28H25N5O6S2/c1-37-19-8-4-17(5-9-19)24(34)16-40-28-32-26(22-14-20(38-2)10-13-25(22)39-3)23(15-29)27(33-28)31-18-6-11-21(12-7-18)41(30,35)36/h4-14H,16H2,1-3H3,(H2,30,35,36)(H,31,32,33). The topological polar surface area (TPSA) is 167 Å². The van der Waals surface area contributed by atoms with Crippen molar-refractivity contribution in [3.63, 3.8) is 0 Å². The minimum atomic E-state index is -3.89. The van der Waals surface area contributed by atoms with Gasteiger partial charge in [0.15, 0.2) is 16.8 Å². The molecule has 0 radical (unpaired) electrons. The largest absolute Gasteiger partial charge is 0.497 e. The fourth-order valence-corrected chi connectivity index (χ4v) is 5.00. The average Bonchev–Trinajstić information content (AvgIpc) is 2.99. The van der Waals surface area contributed by atoms with Crippen LogP contribution in [0.2, 0.25) is 0 Å². The highest BCUT2D eigenvalue weighted by Crippen LogP contribution is 2.37. The lowest BCUT2D eigenvalue weighted by Crippen LogP contribution is -2.12. The zero-order chi connectivity index (χ0) is 29.6. The predicted octanol–water partition coefficient (Wildman–Crippen LogP) is 4.41. The lowest BCUT2D eigenvalue weighted by atomic mass is 10.1. The van der Waals surface area contributed by atoms with Gasteiger partial charge in [-0.3, -0.25) is 4.79 Å². The molecule has 0 saturated heterocycles. The first-order valence-electron chi connectivity index (χ1n) is 11.9. The van der Waals surface area contributed by atoms with Gasteiger partial charge < -0.3 is 19.5 Å². The van der Waals surface area contributed by atoms with Crippen LogP contribution in [0.25, 0.3) is 11.3 Å². The number of benzene rings is 3. The molecule has 41 heavy (non-hydrogen) atoms. The highest BCUT2D eigenvalue weighted by Gasteiger charge is 2.21. The van der Waals surface area contributed by atoms with Crippen molar-refractivity contribution in [1.29, 1.82) is 5.26 Å². The van der Waals surface area contributed by atoms with Gasteiger partial charge in [-0.25, -0.2) is 23.5 Å². The number of sulfonamides is 1.